The van der Waals surface area contributed by atoms with Gasteiger partial charge in [0.15, 0.2) is 0 Å². The molecule has 188 valence electrons. The molecule has 37 heavy (non-hydrogen) atoms. The Bertz CT molecular complexity index is 1430. The summed E-state index contributed by atoms with van der Waals surface area (Å²) in [6.45, 7) is 0.726. The molecule has 5 rings (SSSR count). The molecule has 1 amide bonds. The van der Waals surface area contributed by atoms with Gasteiger partial charge < -0.3 is 14.5 Å². The largest absolute Gasteiger partial charge is 0.438 e. The number of benzene rings is 3. The fraction of sp³-hybridized carbons (Fsp3) is 0.179. The summed E-state index contributed by atoms with van der Waals surface area (Å²) in [4.78, 5) is 25.5. The Labute approximate surface area is 212 Å². The van der Waals surface area contributed by atoms with Crippen molar-refractivity contribution in [2.24, 2.45) is 0 Å². The molecule has 1 aliphatic rings. The first-order chi connectivity index (χ1) is 17.9. The lowest BCUT2D eigenvalue weighted by molar-refractivity contribution is 0.0722. The van der Waals surface area contributed by atoms with Crippen LogP contribution < -0.4 is 9.64 Å². The van der Waals surface area contributed by atoms with Crippen LogP contribution in [0.5, 0.6) is 11.6 Å². The molecule has 6 nitrogen and oxygen atoms in total. The van der Waals surface area contributed by atoms with Crippen molar-refractivity contribution in [2.45, 2.75) is 19.5 Å². The van der Waals surface area contributed by atoms with Crippen molar-refractivity contribution >= 4 is 11.9 Å². The Morgan fingerprint density at radius 1 is 0.973 bits per heavy atom. The van der Waals surface area contributed by atoms with Crippen LogP contribution in [0.25, 0.3) is 0 Å². The van der Waals surface area contributed by atoms with Crippen molar-refractivity contribution in [3.63, 3.8) is 0 Å². The molecule has 4 aromatic rings. The van der Waals surface area contributed by atoms with E-state index in [-0.39, 0.29) is 24.7 Å². The summed E-state index contributed by atoms with van der Waals surface area (Å²) in [7, 11) is 1.85. The van der Waals surface area contributed by atoms with Crippen LogP contribution in [0.3, 0.4) is 0 Å². The van der Waals surface area contributed by atoms with E-state index in [9.17, 15) is 18.0 Å². The minimum absolute atomic E-state index is 0.0186. The number of carbonyl (C=O) groups excluding carboxylic acids is 1. The van der Waals surface area contributed by atoms with E-state index in [0.717, 1.165) is 17.7 Å². The van der Waals surface area contributed by atoms with Crippen LogP contribution in [0, 0.1) is 17.5 Å². The first kappa shape index (κ1) is 24.3. The molecule has 1 aromatic heterocycles. The molecule has 2 heterocycles. The maximum Gasteiger partial charge on any atom is 0.260 e. The van der Waals surface area contributed by atoms with E-state index in [1.807, 2.05) is 42.3 Å². The molecule has 9 heteroatoms. The fourth-order valence-electron chi connectivity index (χ4n) is 4.23. The number of rotatable bonds is 6. The molecule has 0 atom stereocenters. The first-order valence-electron chi connectivity index (χ1n) is 11.7. The second kappa shape index (κ2) is 10.3. The zero-order valence-electron chi connectivity index (χ0n) is 20.0. The first-order valence-corrected chi connectivity index (χ1v) is 11.7. The monoisotopic (exact) mass is 504 g/mol. The number of anilines is 1. The van der Waals surface area contributed by atoms with Crippen LogP contribution in [0.4, 0.5) is 19.1 Å². The Kier molecular flexibility index (Phi) is 6.76. The summed E-state index contributed by atoms with van der Waals surface area (Å²) >= 11 is 0. The number of halogens is 3. The standard InChI is InChI=1S/C28H23F3N4O2/c1-34(16-18-7-3-2-4-8-18)28-32-24-13-14-35(27(36)25-22(30)11-6-12-23(25)31)17-21(24)26(33-28)37-20-10-5-9-19(29)15-20/h2-12,15H,13-14,16-17H2,1H3. The van der Waals surface area contributed by atoms with Crippen molar-refractivity contribution < 1.29 is 22.7 Å². The van der Waals surface area contributed by atoms with Crippen LogP contribution in [-0.2, 0) is 19.5 Å². The predicted molar refractivity (Wildman–Crippen MR) is 132 cm³/mol. The van der Waals surface area contributed by atoms with Crippen LogP contribution in [0.2, 0.25) is 0 Å². The predicted octanol–water partition coefficient (Wildman–Crippen LogP) is 5.52. The van der Waals surface area contributed by atoms with Gasteiger partial charge in [0.1, 0.15) is 28.8 Å². The molecule has 3 aromatic carbocycles. The Morgan fingerprint density at radius 2 is 1.70 bits per heavy atom. The lowest BCUT2D eigenvalue weighted by Gasteiger charge is -2.30. The van der Waals surface area contributed by atoms with Crippen LogP contribution >= 0.6 is 0 Å². The van der Waals surface area contributed by atoms with Crippen LogP contribution in [0.15, 0.2) is 72.8 Å². The van der Waals surface area contributed by atoms with E-state index in [1.165, 1.54) is 29.2 Å². The van der Waals surface area contributed by atoms with Gasteiger partial charge in [0.25, 0.3) is 5.91 Å². The lowest BCUT2D eigenvalue weighted by Crippen LogP contribution is -2.38. The number of hydrogen-bond acceptors (Lipinski definition) is 5. The van der Waals surface area contributed by atoms with Crippen molar-refractivity contribution in [1.82, 2.24) is 14.9 Å². The number of nitrogens with zero attached hydrogens (tertiary/aromatic N) is 4. The zero-order valence-corrected chi connectivity index (χ0v) is 20.0. The fourth-order valence-corrected chi connectivity index (χ4v) is 4.23. The lowest BCUT2D eigenvalue weighted by atomic mass is 10.0. The second-order valence-electron chi connectivity index (χ2n) is 8.73. The van der Waals surface area contributed by atoms with Gasteiger partial charge in [-0.1, -0.05) is 42.5 Å². The number of carbonyl (C=O) groups is 1. The van der Waals surface area contributed by atoms with Crippen molar-refractivity contribution in [2.75, 3.05) is 18.5 Å². The highest BCUT2D eigenvalue weighted by atomic mass is 19.1. The third-order valence-electron chi connectivity index (χ3n) is 6.09. The van der Waals surface area contributed by atoms with E-state index in [4.69, 9.17) is 9.72 Å². The molecule has 0 N–H and O–H groups in total. The maximum absolute atomic E-state index is 14.3. The van der Waals surface area contributed by atoms with Gasteiger partial charge in [-0.15, -0.1) is 0 Å². The van der Waals surface area contributed by atoms with Gasteiger partial charge >= 0.3 is 0 Å². The molecule has 0 bridgehead atoms. The molecule has 0 radical (unpaired) electrons. The van der Waals surface area contributed by atoms with E-state index in [0.29, 0.717) is 30.2 Å². The third kappa shape index (κ3) is 5.25. The number of fused-ring (bicyclic) bond motifs is 1. The SMILES string of the molecule is CN(Cc1ccccc1)c1nc2c(c(Oc3cccc(F)c3)n1)CN(C(=O)c1c(F)cccc1F)CC2. The summed E-state index contributed by atoms with van der Waals surface area (Å²) in [5.74, 6) is -2.34. The topological polar surface area (TPSA) is 58.6 Å². The molecule has 1 aliphatic heterocycles. The third-order valence-corrected chi connectivity index (χ3v) is 6.09. The molecule has 0 saturated carbocycles. The second-order valence-corrected chi connectivity index (χ2v) is 8.73. The highest BCUT2D eigenvalue weighted by molar-refractivity contribution is 5.95. The zero-order chi connectivity index (χ0) is 25.9. The molecule has 0 spiro atoms. The van der Waals surface area contributed by atoms with Gasteiger partial charge in [0, 0.05) is 32.6 Å². The number of aromatic nitrogens is 2. The van der Waals surface area contributed by atoms with Crippen molar-refractivity contribution in [3.8, 4) is 11.6 Å². The van der Waals surface area contributed by atoms with E-state index in [2.05, 4.69) is 4.98 Å². The average Bonchev–Trinajstić information content (AvgIpc) is 2.89. The van der Waals surface area contributed by atoms with E-state index in [1.54, 1.807) is 6.07 Å². The van der Waals surface area contributed by atoms with E-state index < -0.39 is 28.9 Å². The molecule has 0 fully saturated rings. The minimum Gasteiger partial charge on any atom is -0.438 e. The maximum atomic E-state index is 14.3. The smallest absolute Gasteiger partial charge is 0.260 e. The summed E-state index contributed by atoms with van der Waals surface area (Å²) in [6.07, 6.45) is 0.325. The van der Waals surface area contributed by atoms with Gasteiger partial charge in [-0.3, -0.25) is 4.79 Å². The molecule has 0 saturated heterocycles. The molecular formula is C28H23F3N4O2. The number of ether oxygens (including phenoxy) is 1. The normalized spacial score (nSPS) is 12.7. The molecule has 0 aliphatic carbocycles. The number of amides is 1. The molecular weight excluding hydrogens is 481 g/mol. The van der Waals surface area contributed by atoms with Gasteiger partial charge in [-0.2, -0.15) is 4.98 Å². The minimum atomic E-state index is -0.929. The summed E-state index contributed by atoms with van der Waals surface area (Å²) in [5, 5.41) is 0. The van der Waals surface area contributed by atoms with Crippen molar-refractivity contribution in [3.05, 3.63) is 113 Å². The van der Waals surface area contributed by atoms with Gasteiger partial charge in [0.2, 0.25) is 11.8 Å². The Hall–Kier alpha value is -4.40. The van der Waals surface area contributed by atoms with Gasteiger partial charge in [0.05, 0.1) is 17.8 Å². The highest BCUT2D eigenvalue weighted by Gasteiger charge is 2.30. The quantitative estimate of drug-likeness (QED) is 0.346. The van der Waals surface area contributed by atoms with Crippen molar-refractivity contribution in [1.29, 1.82) is 0 Å². The average molecular weight is 505 g/mol. The number of hydrogen-bond donors (Lipinski definition) is 0. The summed E-state index contributed by atoms with van der Waals surface area (Å²) in [6, 6.07) is 18.7. The van der Waals surface area contributed by atoms with Gasteiger partial charge in [-0.25, -0.2) is 18.2 Å². The molecule has 0 unspecified atom stereocenters. The summed E-state index contributed by atoms with van der Waals surface area (Å²) < 4.78 is 48.4. The van der Waals surface area contributed by atoms with Gasteiger partial charge in [-0.05, 0) is 29.8 Å². The van der Waals surface area contributed by atoms with Crippen LogP contribution in [0.1, 0.15) is 27.2 Å². The Balaban J connectivity index is 1.50. The highest BCUT2D eigenvalue weighted by Crippen LogP contribution is 2.32. The Morgan fingerprint density at radius 3 is 2.43 bits per heavy atom. The van der Waals surface area contributed by atoms with Crippen LogP contribution in [-0.4, -0.2) is 34.4 Å². The van der Waals surface area contributed by atoms with E-state index >= 15 is 0 Å². The summed E-state index contributed by atoms with van der Waals surface area (Å²) in [5.41, 5.74) is 1.59.